The van der Waals surface area contributed by atoms with Crippen LogP contribution >= 0.6 is 0 Å². The highest BCUT2D eigenvalue weighted by molar-refractivity contribution is 5.89. The standard InChI is InChI=1S/C19H21FN2O3/c1-25-19(24)15-9-17(20)18(21-10-15)22-8-7-14(12-23)16(11-22)13-5-3-2-4-6-13/h2-6,9-10,14,16,23H,7-8,11-12H2,1H3. The summed E-state index contributed by atoms with van der Waals surface area (Å²) in [5, 5.41) is 9.70. The average molecular weight is 344 g/mol. The van der Waals surface area contributed by atoms with E-state index in [9.17, 15) is 14.3 Å². The molecular weight excluding hydrogens is 323 g/mol. The summed E-state index contributed by atoms with van der Waals surface area (Å²) in [6, 6.07) is 11.1. The lowest BCUT2D eigenvalue weighted by Gasteiger charge is -2.39. The molecule has 132 valence electrons. The molecule has 0 spiro atoms. The van der Waals surface area contributed by atoms with Gasteiger partial charge in [0.2, 0.25) is 0 Å². The molecule has 6 heteroatoms. The van der Waals surface area contributed by atoms with Crippen molar-refractivity contribution < 1.29 is 19.0 Å². The Balaban J connectivity index is 1.85. The number of nitrogens with zero attached hydrogens (tertiary/aromatic N) is 2. The molecule has 1 N–H and O–H groups in total. The van der Waals surface area contributed by atoms with Crippen LogP contribution in [0.2, 0.25) is 0 Å². The summed E-state index contributed by atoms with van der Waals surface area (Å²) in [7, 11) is 1.25. The number of carbonyl (C=O) groups is 1. The van der Waals surface area contributed by atoms with Crippen molar-refractivity contribution in [3.05, 3.63) is 59.5 Å². The SMILES string of the molecule is COC(=O)c1cnc(N2CCC(CO)C(c3ccccc3)C2)c(F)c1. The summed E-state index contributed by atoms with van der Waals surface area (Å²) < 4.78 is 19.1. The van der Waals surface area contributed by atoms with Gasteiger partial charge < -0.3 is 14.7 Å². The number of methoxy groups -OCH3 is 1. The van der Waals surface area contributed by atoms with E-state index >= 15 is 0 Å². The molecule has 1 aromatic carbocycles. The summed E-state index contributed by atoms with van der Waals surface area (Å²) in [4.78, 5) is 17.5. The van der Waals surface area contributed by atoms with Crippen LogP contribution in [0.3, 0.4) is 0 Å². The van der Waals surface area contributed by atoms with Gasteiger partial charge in [-0.25, -0.2) is 14.2 Å². The second kappa shape index (κ2) is 7.61. The molecule has 0 aliphatic carbocycles. The van der Waals surface area contributed by atoms with Crippen molar-refractivity contribution in [3.63, 3.8) is 0 Å². The Labute approximate surface area is 146 Å². The Kier molecular flexibility index (Phi) is 5.28. The number of aliphatic hydroxyl groups excluding tert-OH is 1. The van der Waals surface area contributed by atoms with E-state index in [2.05, 4.69) is 9.72 Å². The van der Waals surface area contributed by atoms with E-state index in [4.69, 9.17) is 0 Å². The van der Waals surface area contributed by atoms with Crippen molar-refractivity contribution in [1.29, 1.82) is 0 Å². The minimum atomic E-state index is -0.612. The lowest BCUT2D eigenvalue weighted by molar-refractivity contribution is 0.0599. The quantitative estimate of drug-likeness (QED) is 0.864. The Morgan fingerprint density at radius 1 is 1.40 bits per heavy atom. The minimum absolute atomic E-state index is 0.0913. The van der Waals surface area contributed by atoms with Gasteiger partial charge in [-0.1, -0.05) is 30.3 Å². The molecule has 0 saturated carbocycles. The summed E-state index contributed by atoms with van der Waals surface area (Å²) in [6.07, 6.45) is 2.08. The third kappa shape index (κ3) is 3.64. The molecule has 0 bridgehead atoms. The molecular formula is C19H21FN2O3. The number of hydrogen-bond acceptors (Lipinski definition) is 5. The third-order valence-corrected chi connectivity index (χ3v) is 4.76. The van der Waals surface area contributed by atoms with Gasteiger partial charge in [0.05, 0.1) is 12.7 Å². The highest BCUT2D eigenvalue weighted by atomic mass is 19.1. The van der Waals surface area contributed by atoms with Gasteiger partial charge in [0, 0.05) is 31.8 Å². The monoisotopic (exact) mass is 344 g/mol. The zero-order valence-electron chi connectivity index (χ0n) is 14.1. The molecule has 5 nitrogen and oxygen atoms in total. The molecule has 1 saturated heterocycles. The van der Waals surface area contributed by atoms with Crippen molar-refractivity contribution in [3.8, 4) is 0 Å². The first-order valence-corrected chi connectivity index (χ1v) is 8.28. The lowest BCUT2D eigenvalue weighted by atomic mass is 9.81. The molecule has 1 fully saturated rings. The van der Waals surface area contributed by atoms with E-state index < -0.39 is 11.8 Å². The molecule has 1 aromatic heterocycles. The fourth-order valence-corrected chi connectivity index (χ4v) is 3.38. The van der Waals surface area contributed by atoms with Crippen LogP contribution in [0, 0.1) is 11.7 Å². The van der Waals surface area contributed by atoms with E-state index in [-0.39, 0.29) is 29.8 Å². The van der Waals surface area contributed by atoms with Crippen molar-refractivity contribution in [2.24, 2.45) is 5.92 Å². The number of esters is 1. The Bertz CT molecular complexity index is 739. The Hall–Kier alpha value is -2.47. The maximum Gasteiger partial charge on any atom is 0.339 e. The van der Waals surface area contributed by atoms with E-state index in [1.54, 1.807) is 0 Å². The highest BCUT2D eigenvalue weighted by Gasteiger charge is 2.31. The van der Waals surface area contributed by atoms with Crippen LogP contribution in [-0.2, 0) is 4.74 Å². The average Bonchev–Trinajstić information content (AvgIpc) is 2.67. The number of carbonyl (C=O) groups excluding carboxylic acids is 1. The predicted molar refractivity (Wildman–Crippen MR) is 92.1 cm³/mol. The number of ether oxygens (including phenoxy) is 1. The largest absolute Gasteiger partial charge is 0.465 e. The van der Waals surface area contributed by atoms with E-state index in [0.29, 0.717) is 13.1 Å². The summed E-state index contributed by atoms with van der Waals surface area (Å²) >= 11 is 0. The van der Waals surface area contributed by atoms with Gasteiger partial charge >= 0.3 is 5.97 Å². The molecule has 2 atom stereocenters. The zero-order valence-corrected chi connectivity index (χ0v) is 14.1. The number of anilines is 1. The summed E-state index contributed by atoms with van der Waals surface area (Å²) in [5.74, 6) is -0.696. The number of hydrogen-bond donors (Lipinski definition) is 1. The number of aromatic nitrogens is 1. The fourth-order valence-electron chi connectivity index (χ4n) is 3.38. The van der Waals surface area contributed by atoms with Gasteiger partial charge in [0.15, 0.2) is 11.6 Å². The predicted octanol–water partition coefficient (Wildman–Crippen LogP) is 2.61. The van der Waals surface area contributed by atoms with Crippen molar-refractivity contribution in [2.45, 2.75) is 12.3 Å². The van der Waals surface area contributed by atoms with Gasteiger partial charge in [-0.15, -0.1) is 0 Å². The van der Waals surface area contributed by atoms with Crippen molar-refractivity contribution >= 4 is 11.8 Å². The Morgan fingerprint density at radius 2 is 2.16 bits per heavy atom. The smallest absolute Gasteiger partial charge is 0.339 e. The molecule has 2 aromatic rings. The number of aliphatic hydroxyl groups is 1. The van der Waals surface area contributed by atoms with E-state index in [1.807, 2.05) is 35.2 Å². The highest BCUT2D eigenvalue weighted by Crippen LogP contribution is 2.34. The number of pyridine rings is 1. The van der Waals surface area contributed by atoms with Gasteiger partial charge in [-0.3, -0.25) is 0 Å². The first-order chi connectivity index (χ1) is 12.1. The van der Waals surface area contributed by atoms with Crippen LogP contribution in [-0.4, -0.2) is 42.9 Å². The van der Waals surface area contributed by atoms with Crippen LogP contribution < -0.4 is 4.90 Å². The maximum absolute atomic E-state index is 14.5. The third-order valence-electron chi connectivity index (χ3n) is 4.76. The second-order valence-corrected chi connectivity index (χ2v) is 6.22. The molecule has 0 radical (unpaired) electrons. The zero-order chi connectivity index (χ0) is 17.8. The topological polar surface area (TPSA) is 62.7 Å². The summed E-state index contributed by atoms with van der Waals surface area (Å²) in [6.45, 7) is 1.28. The van der Waals surface area contributed by atoms with Crippen LogP contribution in [0.4, 0.5) is 10.2 Å². The van der Waals surface area contributed by atoms with Crippen LogP contribution in [0.15, 0.2) is 42.6 Å². The van der Waals surface area contributed by atoms with Crippen molar-refractivity contribution in [1.82, 2.24) is 4.98 Å². The van der Waals surface area contributed by atoms with E-state index in [1.165, 1.54) is 13.3 Å². The maximum atomic E-state index is 14.5. The molecule has 2 unspecified atom stereocenters. The van der Waals surface area contributed by atoms with Crippen molar-refractivity contribution in [2.75, 3.05) is 31.7 Å². The molecule has 0 amide bonds. The fraction of sp³-hybridized carbons (Fsp3) is 0.368. The van der Waals surface area contributed by atoms with Gasteiger partial charge in [0.1, 0.15) is 0 Å². The molecule has 2 heterocycles. The molecule has 25 heavy (non-hydrogen) atoms. The Morgan fingerprint density at radius 3 is 2.80 bits per heavy atom. The van der Waals surface area contributed by atoms with Gasteiger partial charge in [-0.05, 0) is 24.0 Å². The van der Waals surface area contributed by atoms with Crippen LogP contribution in [0.25, 0.3) is 0 Å². The molecule has 1 aliphatic rings. The first kappa shape index (κ1) is 17.4. The van der Waals surface area contributed by atoms with Gasteiger partial charge in [-0.2, -0.15) is 0 Å². The number of halogens is 1. The van der Waals surface area contributed by atoms with E-state index in [0.717, 1.165) is 18.1 Å². The number of piperidine rings is 1. The van der Waals surface area contributed by atoms with Crippen LogP contribution in [0.1, 0.15) is 28.3 Å². The normalized spacial score (nSPS) is 20.4. The minimum Gasteiger partial charge on any atom is -0.465 e. The number of rotatable bonds is 4. The first-order valence-electron chi connectivity index (χ1n) is 8.28. The summed E-state index contributed by atoms with van der Waals surface area (Å²) in [5.41, 5.74) is 1.21. The molecule has 1 aliphatic heterocycles. The lowest BCUT2D eigenvalue weighted by Crippen LogP contribution is -2.41. The second-order valence-electron chi connectivity index (χ2n) is 6.22. The number of benzene rings is 1. The van der Waals surface area contributed by atoms with Gasteiger partial charge in [0.25, 0.3) is 0 Å². The molecule has 3 rings (SSSR count). The van der Waals surface area contributed by atoms with Crippen LogP contribution in [0.5, 0.6) is 0 Å².